The molecule has 158 valence electrons. The first-order valence-corrected chi connectivity index (χ1v) is 11.0. The number of piperidine rings is 1. The first kappa shape index (κ1) is 21.6. The largest absolute Gasteiger partial charge is 0.444 e. The summed E-state index contributed by atoms with van der Waals surface area (Å²) in [6.45, 7) is 9.27. The van der Waals surface area contributed by atoms with E-state index >= 15 is 0 Å². The fourth-order valence-corrected chi connectivity index (χ4v) is 4.05. The van der Waals surface area contributed by atoms with Crippen LogP contribution in [-0.4, -0.2) is 35.3 Å². The molecule has 29 heavy (non-hydrogen) atoms. The smallest absolute Gasteiger partial charge is 0.410 e. The van der Waals surface area contributed by atoms with E-state index in [9.17, 15) is 4.79 Å². The van der Waals surface area contributed by atoms with Crippen molar-refractivity contribution < 1.29 is 14.3 Å². The van der Waals surface area contributed by atoms with Gasteiger partial charge in [-0.1, -0.05) is 56.2 Å². The highest BCUT2D eigenvalue weighted by atomic mass is 16.6. The molecule has 1 aliphatic heterocycles. The standard InChI is InChI=1S/C25H35NO3/c1-5-6-12-22-23(13-9-16-26(22)24(27)29-25(2,3)4)28-18-19-14-15-20-10-7-8-11-21(20)17-19/h7-8,10-11,14-15,17,22-23H,5-6,9,12-13,16,18H2,1-4H3. The monoisotopic (exact) mass is 397 g/mol. The second-order valence-corrected chi connectivity index (χ2v) is 9.06. The fourth-order valence-electron chi connectivity index (χ4n) is 4.05. The molecule has 1 fully saturated rings. The molecule has 0 saturated carbocycles. The van der Waals surface area contributed by atoms with E-state index in [2.05, 4.69) is 49.4 Å². The fraction of sp³-hybridized carbons (Fsp3) is 0.560. The lowest BCUT2D eigenvalue weighted by atomic mass is 9.94. The maximum absolute atomic E-state index is 12.8. The molecule has 3 rings (SSSR count). The van der Waals surface area contributed by atoms with Crippen LogP contribution in [0.2, 0.25) is 0 Å². The Morgan fingerprint density at radius 1 is 1.14 bits per heavy atom. The molecule has 2 unspecified atom stereocenters. The molecule has 1 heterocycles. The van der Waals surface area contributed by atoms with Gasteiger partial charge in [0, 0.05) is 6.54 Å². The van der Waals surface area contributed by atoms with E-state index in [1.54, 1.807) is 0 Å². The van der Waals surface area contributed by atoms with Crippen molar-refractivity contribution in [2.24, 2.45) is 0 Å². The number of carbonyl (C=O) groups is 1. The lowest BCUT2D eigenvalue weighted by molar-refractivity contribution is -0.0610. The van der Waals surface area contributed by atoms with Crippen molar-refractivity contribution in [3.05, 3.63) is 48.0 Å². The molecule has 0 N–H and O–H groups in total. The number of amides is 1. The first-order valence-electron chi connectivity index (χ1n) is 11.0. The van der Waals surface area contributed by atoms with E-state index in [0.717, 1.165) is 38.6 Å². The summed E-state index contributed by atoms with van der Waals surface area (Å²) in [7, 11) is 0. The third-order valence-corrected chi connectivity index (χ3v) is 5.48. The van der Waals surface area contributed by atoms with Gasteiger partial charge < -0.3 is 14.4 Å². The van der Waals surface area contributed by atoms with Gasteiger partial charge >= 0.3 is 6.09 Å². The Balaban J connectivity index is 1.70. The number of unbranched alkanes of at least 4 members (excludes halogenated alkanes) is 1. The Morgan fingerprint density at radius 3 is 2.62 bits per heavy atom. The molecular weight excluding hydrogens is 362 g/mol. The van der Waals surface area contributed by atoms with E-state index in [-0.39, 0.29) is 18.2 Å². The highest BCUT2D eigenvalue weighted by molar-refractivity contribution is 5.82. The molecule has 1 saturated heterocycles. The topological polar surface area (TPSA) is 38.8 Å². The summed E-state index contributed by atoms with van der Waals surface area (Å²) in [6, 6.07) is 14.9. The Bertz CT molecular complexity index is 811. The number of likely N-dealkylation sites (tertiary alicyclic amines) is 1. The van der Waals surface area contributed by atoms with E-state index < -0.39 is 5.60 Å². The summed E-state index contributed by atoms with van der Waals surface area (Å²) < 4.78 is 12.1. The third kappa shape index (κ3) is 5.96. The summed E-state index contributed by atoms with van der Waals surface area (Å²) in [5.74, 6) is 0. The van der Waals surface area contributed by atoms with Gasteiger partial charge in [0.1, 0.15) is 5.60 Å². The molecule has 0 bridgehead atoms. The molecule has 4 heteroatoms. The SMILES string of the molecule is CCCCC1C(OCc2ccc3ccccc3c2)CCCN1C(=O)OC(C)(C)C. The number of hydrogen-bond donors (Lipinski definition) is 0. The average Bonchev–Trinajstić information content (AvgIpc) is 2.69. The van der Waals surface area contributed by atoms with Crippen LogP contribution >= 0.6 is 0 Å². The van der Waals surface area contributed by atoms with Crippen LogP contribution in [0.5, 0.6) is 0 Å². The predicted molar refractivity (Wildman–Crippen MR) is 118 cm³/mol. The molecule has 0 aliphatic carbocycles. The number of ether oxygens (including phenoxy) is 2. The zero-order valence-electron chi connectivity index (χ0n) is 18.3. The number of benzene rings is 2. The molecule has 2 aromatic rings. The van der Waals surface area contributed by atoms with Crippen molar-refractivity contribution in [3.63, 3.8) is 0 Å². The maximum atomic E-state index is 12.8. The van der Waals surface area contributed by atoms with Crippen LogP contribution in [0.25, 0.3) is 10.8 Å². The molecule has 0 aromatic heterocycles. The molecule has 0 spiro atoms. The molecular formula is C25H35NO3. The molecule has 1 aliphatic rings. The van der Waals surface area contributed by atoms with Crippen LogP contribution in [-0.2, 0) is 16.1 Å². The van der Waals surface area contributed by atoms with Crippen molar-refractivity contribution >= 4 is 16.9 Å². The van der Waals surface area contributed by atoms with E-state index in [1.165, 1.54) is 16.3 Å². The van der Waals surface area contributed by atoms with Crippen LogP contribution in [0.3, 0.4) is 0 Å². The van der Waals surface area contributed by atoms with Crippen LogP contribution in [0.1, 0.15) is 65.4 Å². The number of fused-ring (bicyclic) bond motifs is 1. The third-order valence-electron chi connectivity index (χ3n) is 5.48. The highest BCUT2D eigenvalue weighted by Gasteiger charge is 2.36. The second kappa shape index (κ2) is 9.62. The Morgan fingerprint density at radius 2 is 1.90 bits per heavy atom. The molecule has 0 radical (unpaired) electrons. The van der Waals surface area contributed by atoms with Gasteiger partial charge in [0.2, 0.25) is 0 Å². The van der Waals surface area contributed by atoms with Crippen molar-refractivity contribution in [1.82, 2.24) is 4.90 Å². The van der Waals surface area contributed by atoms with Crippen molar-refractivity contribution in [2.75, 3.05) is 6.54 Å². The van der Waals surface area contributed by atoms with Crippen molar-refractivity contribution in [3.8, 4) is 0 Å². The lowest BCUT2D eigenvalue weighted by Gasteiger charge is -2.41. The summed E-state index contributed by atoms with van der Waals surface area (Å²) in [5, 5.41) is 2.47. The molecule has 2 aromatic carbocycles. The van der Waals surface area contributed by atoms with Gasteiger partial charge in [-0.2, -0.15) is 0 Å². The van der Waals surface area contributed by atoms with E-state index in [0.29, 0.717) is 6.61 Å². The summed E-state index contributed by atoms with van der Waals surface area (Å²) >= 11 is 0. The molecule has 1 amide bonds. The van der Waals surface area contributed by atoms with Crippen LogP contribution < -0.4 is 0 Å². The maximum Gasteiger partial charge on any atom is 0.410 e. The minimum absolute atomic E-state index is 0.0503. The summed E-state index contributed by atoms with van der Waals surface area (Å²) in [6.07, 6.45) is 4.92. The predicted octanol–water partition coefficient (Wildman–Crippen LogP) is 6.31. The van der Waals surface area contributed by atoms with E-state index in [4.69, 9.17) is 9.47 Å². The number of nitrogens with zero attached hydrogens (tertiary/aromatic N) is 1. The van der Waals surface area contributed by atoms with Crippen molar-refractivity contribution in [2.45, 2.75) is 84.2 Å². The number of rotatable bonds is 6. The number of hydrogen-bond acceptors (Lipinski definition) is 3. The van der Waals surface area contributed by atoms with Crippen LogP contribution in [0.15, 0.2) is 42.5 Å². The first-order chi connectivity index (χ1) is 13.9. The summed E-state index contributed by atoms with van der Waals surface area (Å²) in [5.41, 5.74) is 0.693. The Hall–Kier alpha value is -2.07. The van der Waals surface area contributed by atoms with Gasteiger partial charge in [-0.15, -0.1) is 0 Å². The van der Waals surface area contributed by atoms with Gasteiger partial charge in [0.25, 0.3) is 0 Å². The number of carbonyl (C=O) groups excluding carboxylic acids is 1. The molecule has 2 atom stereocenters. The zero-order chi connectivity index (χ0) is 20.9. The Kier molecular flexibility index (Phi) is 7.18. The van der Waals surface area contributed by atoms with Crippen molar-refractivity contribution in [1.29, 1.82) is 0 Å². The van der Waals surface area contributed by atoms with Gasteiger partial charge in [-0.25, -0.2) is 4.79 Å². The van der Waals surface area contributed by atoms with Gasteiger partial charge in [-0.3, -0.25) is 0 Å². The minimum Gasteiger partial charge on any atom is -0.444 e. The van der Waals surface area contributed by atoms with Gasteiger partial charge in [0.15, 0.2) is 0 Å². The highest BCUT2D eigenvalue weighted by Crippen LogP contribution is 2.28. The molecule has 4 nitrogen and oxygen atoms in total. The van der Waals surface area contributed by atoms with Gasteiger partial charge in [-0.05, 0) is 62.4 Å². The second-order valence-electron chi connectivity index (χ2n) is 9.06. The summed E-state index contributed by atoms with van der Waals surface area (Å²) in [4.78, 5) is 14.7. The minimum atomic E-state index is -0.481. The normalized spacial score (nSPS) is 20.1. The average molecular weight is 398 g/mol. The Labute approximate surface area is 175 Å². The van der Waals surface area contributed by atoms with E-state index in [1.807, 2.05) is 25.7 Å². The van der Waals surface area contributed by atoms with Crippen LogP contribution in [0.4, 0.5) is 4.79 Å². The van der Waals surface area contributed by atoms with Gasteiger partial charge in [0.05, 0.1) is 18.8 Å². The van der Waals surface area contributed by atoms with Crippen LogP contribution in [0, 0.1) is 0 Å². The zero-order valence-corrected chi connectivity index (χ0v) is 18.3. The lowest BCUT2D eigenvalue weighted by Crippen LogP contribution is -2.53. The quantitative estimate of drug-likeness (QED) is 0.573.